The molecule has 150 valence electrons. The van der Waals surface area contributed by atoms with Crippen LogP contribution in [0.25, 0.3) is 0 Å². The fourth-order valence-corrected chi connectivity index (χ4v) is 2.64. The van der Waals surface area contributed by atoms with Crippen LogP contribution in [0, 0.1) is 0 Å². The van der Waals surface area contributed by atoms with Gasteiger partial charge in [0.1, 0.15) is 37.9 Å². The van der Waals surface area contributed by atoms with Crippen LogP contribution in [0.1, 0.15) is 22.4 Å². The number of rotatable bonds is 8. The van der Waals surface area contributed by atoms with Gasteiger partial charge in [0, 0.05) is 0 Å². The van der Waals surface area contributed by atoms with Crippen molar-refractivity contribution in [2.45, 2.75) is 31.1 Å². The zero-order valence-electron chi connectivity index (χ0n) is 14.7. The number of aliphatic hydroxyl groups excluding tert-OH is 2. The first-order valence-corrected chi connectivity index (χ1v) is 8.45. The summed E-state index contributed by atoms with van der Waals surface area (Å²) in [5.74, 6) is -1.73. The number of carbonyl (C=O) groups excluding carboxylic acids is 2. The number of hydrogen-bond acceptors (Lipinski definition) is 9. The van der Waals surface area contributed by atoms with Crippen molar-refractivity contribution in [3.05, 3.63) is 48.0 Å². The molecule has 11 heteroatoms. The summed E-state index contributed by atoms with van der Waals surface area (Å²) in [5.41, 5.74) is 5.99. The number of benzene rings is 1. The summed E-state index contributed by atoms with van der Waals surface area (Å²) >= 11 is 0. The van der Waals surface area contributed by atoms with E-state index in [4.69, 9.17) is 19.9 Å². The summed E-state index contributed by atoms with van der Waals surface area (Å²) in [5, 5.41) is 24.0. The van der Waals surface area contributed by atoms with Crippen molar-refractivity contribution < 1.29 is 34.0 Å². The standard InChI is InChI=1S/C17H20N4O7/c18-15(25)16-19-9-21(20-16)17-14(24)13(23)11(28-17)7-27-12(22)8-26-6-10-4-2-1-3-5-10/h1-5,9,11,13-14,17,23-24H,6-8H2,(H2,18,25)/t11-,13?,14?,17-/m1/s1. The average Bonchev–Trinajstić information content (AvgIpc) is 3.27. The van der Waals surface area contributed by atoms with Crippen LogP contribution in [0.2, 0.25) is 0 Å². The second-order valence-corrected chi connectivity index (χ2v) is 6.12. The van der Waals surface area contributed by atoms with E-state index in [1.54, 1.807) is 0 Å². The highest BCUT2D eigenvalue weighted by molar-refractivity contribution is 5.88. The first-order valence-electron chi connectivity index (χ1n) is 8.45. The van der Waals surface area contributed by atoms with Gasteiger partial charge < -0.3 is 30.2 Å². The molecule has 0 bridgehead atoms. The lowest BCUT2D eigenvalue weighted by molar-refractivity contribution is -0.155. The number of nitrogens with zero attached hydrogens (tertiary/aromatic N) is 3. The van der Waals surface area contributed by atoms with E-state index in [2.05, 4.69) is 10.1 Å². The zero-order valence-corrected chi connectivity index (χ0v) is 14.7. The van der Waals surface area contributed by atoms with E-state index in [9.17, 15) is 19.8 Å². The predicted molar refractivity (Wildman–Crippen MR) is 91.5 cm³/mol. The molecular weight excluding hydrogens is 372 g/mol. The number of carbonyl (C=O) groups is 2. The van der Waals surface area contributed by atoms with Gasteiger partial charge in [-0.25, -0.2) is 14.5 Å². The van der Waals surface area contributed by atoms with Gasteiger partial charge in [0.2, 0.25) is 5.82 Å². The zero-order chi connectivity index (χ0) is 20.1. The second kappa shape index (κ2) is 8.89. The van der Waals surface area contributed by atoms with E-state index in [1.807, 2.05) is 30.3 Å². The lowest BCUT2D eigenvalue weighted by Crippen LogP contribution is -2.34. The molecule has 1 aliphatic rings. The van der Waals surface area contributed by atoms with Crippen molar-refractivity contribution in [1.29, 1.82) is 0 Å². The summed E-state index contributed by atoms with van der Waals surface area (Å²) in [6.07, 6.45) is -3.63. The molecule has 1 aromatic carbocycles. The van der Waals surface area contributed by atoms with Crippen LogP contribution >= 0.6 is 0 Å². The first kappa shape index (κ1) is 19.9. The average molecular weight is 392 g/mol. The normalized spacial score (nSPS) is 24.2. The van der Waals surface area contributed by atoms with Gasteiger partial charge in [0.25, 0.3) is 5.91 Å². The van der Waals surface area contributed by atoms with Crippen LogP contribution in [0.5, 0.6) is 0 Å². The van der Waals surface area contributed by atoms with Gasteiger partial charge in [-0.15, -0.1) is 5.10 Å². The van der Waals surface area contributed by atoms with Gasteiger partial charge in [-0.1, -0.05) is 30.3 Å². The molecule has 0 aliphatic carbocycles. The number of aliphatic hydroxyl groups is 2. The van der Waals surface area contributed by atoms with Crippen molar-refractivity contribution in [3.8, 4) is 0 Å². The summed E-state index contributed by atoms with van der Waals surface area (Å²) in [6, 6.07) is 9.32. The van der Waals surface area contributed by atoms with Crippen molar-refractivity contribution in [2.75, 3.05) is 13.2 Å². The Morgan fingerprint density at radius 2 is 1.96 bits per heavy atom. The minimum absolute atomic E-state index is 0.254. The fraction of sp³-hybridized carbons (Fsp3) is 0.412. The van der Waals surface area contributed by atoms with Crippen molar-refractivity contribution >= 4 is 11.9 Å². The Morgan fingerprint density at radius 1 is 1.21 bits per heavy atom. The minimum atomic E-state index is -1.36. The number of hydrogen-bond donors (Lipinski definition) is 3. The number of nitrogens with two attached hydrogens (primary N) is 1. The van der Waals surface area contributed by atoms with E-state index in [1.165, 1.54) is 0 Å². The Kier molecular flexibility index (Phi) is 6.31. The Labute approximate surface area is 159 Å². The maximum Gasteiger partial charge on any atom is 0.332 e. The van der Waals surface area contributed by atoms with Gasteiger partial charge in [-0.05, 0) is 5.56 Å². The molecule has 28 heavy (non-hydrogen) atoms. The lowest BCUT2D eigenvalue weighted by Gasteiger charge is -2.14. The van der Waals surface area contributed by atoms with E-state index in [-0.39, 0.29) is 25.6 Å². The molecule has 1 amide bonds. The Hall–Kier alpha value is -2.86. The third-order valence-corrected chi connectivity index (χ3v) is 4.07. The lowest BCUT2D eigenvalue weighted by atomic mass is 10.1. The molecule has 2 heterocycles. The van der Waals surface area contributed by atoms with Crippen LogP contribution in [0.4, 0.5) is 0 Å². The molecule has 3 rings (SSSR count). The van der Waals surface area contributed by atoms with Gasteiger partial charge in [0.05, 0.1) is 6.61 Å². The summed E-state index contributed by atoms with van der Waals surface area (Å²) in [7, 11) is 0. The van der Waals surface area contributed by atoms with Crippen LogP contribution in [0.3, 0.4) is 0 Å². The van der Waals surface area contributed by atoms with Gasteiger partial charge >= 0.3 is 5.97 Å². The molecule has 0 radical (unpaired) electrons. The Bertz CT molecular complexity index is 813. The molecular formula is C17H20N4O7. The van der Waals surface area contributed by atoms with Gasteiger partial charge in [-0.3, -0.25) is 4.79 Å². The quantitative estimate of drug-likeness (QED) is 0.467. The maximum absolute atomic E-state index is 11.8. The van der Waals surface area contributed by atoms with Crippen molar-refractivity contribution in [3.63, 3.8) is 0 Å². The molecule has 0 spiro atoms. The van der Waals surface area contributed by atoms with Gasteiger partial charge in [0.15, 0.2) is 6.23 Å². The van der Waals surface area contributed by atoms with Crippen LogP contribution in [-0.4, -0.2) is 68.4 Å². The number of aromatic nitrogens is 3. The van der Waals surface area contributed by atoms with Gasteiger partial charge in [-0.2, -0.15) is 0 Å². The van der Waals surface area contributed by atoms with Crippen molar-refractivity contribution in [2.24, 2.45) is 5.73 Å². The molecule has 4 atom stereocenters. The van der Waals surface area contributed by atoms with Crippen LogP contribution < -0.4 is 5.73 Å². The largest absolute Gasteiger partial charge is 0.461 e. The molecule has 1 fully saturated rings. The summed E-state index contributed by atoms with van der Waals surface area (Å²) in [6.45, 7) is -0.303. The fourth-order valence-electron chi connectivity index (χ4n) is 2.64. The minimum Gasteiger partial charge on any atom is -0.461 e. The summed E-state index contributed by atoms with van der Waals surface area (Å²) < 4.78 is 16.8. The first-order chi connectivity index (χ1) is 13.5. The van der Waals surface area contributed by atoms with Crippen molar-refractivity contribution in [1.82, 2.24) is 14.8 Å². The molecule has 2 unspecified atom stereocenters. The van der Waals surface area contributed by atoms with E-state index >= 15 is 0 Å². The van der Waals surface area contributed by atoms with Crippen LogP contribution in [0.15, 0.2) is 36.7 Å². The molecule has 11 nitrogen and oxygen atoms in total. The number of ether oxygens (including phenoxy) is 3. The SMILES string of the molecule is NC(=O)c1ncn([C@@H]2O[C@H](COC(=O)COCc3ccccc3)C(O)C2O)n1. The van der Waals surface area contributed by atoms with Crippen LogP contribution in [-0.2, 0) is 25.6 Å². The highest BCUT2D eigenvalue weighted by Crippen LogP contribution is 2.28. The molecule has 1 aromatic heterocycles. The van der Waals surface area contributed by atoms with E-state index in [0.29, 0.717) is 0 Å². The second-order valence-electron chi connectivity index (χ2n) is 6.12. The van der Waals surface area contributed by atoms with E-state index in [0.717, 1.165) is 16.6 Å². The number of primary amides is 1. The third kappa shape index (κ3) is 4.70. The maximum atomic E-state index is 11.8. The monoisotopic (exact) mass is 392 g/mol. The molecule has 2 aromatic rings. The molecule has 4 N–H and O–H groups in total. The molecule has 1 saturated heterocycles. The Balaban J connectivity index is 1.46. The number of esters is 1. The highest BCUT2D eigenvalue weighted by Gasteiger charge is 2.45. The predicted octanol–water partition coefficient (Wildman–Crippen LogP) is -1.24. The number of amides is 1. The Morgan fingerprint density at radius 3 is 2.64 bits per heavy atom. The highest BCUT2D eigenvalue weighted by atomic mass is 16.6. The topological polar surface area (TPSA) is 159 Å². The van der Waals surface area contributed by atoms with E-state index < -0.39 is 36.4 Å². The molecule has 1 aliphatic heterocycles. The molecule has 0 saturated carbocycles. The summed E-state index contributed by atoms with van der Waals surface area (Å²) in [4.78, 5) is 26.5. The smallest absolute Gasteiger partial charge is 0.332 e. The third-order valence-electron chi connectivity index (χ3n) is 4.07.